The van der Waals surface area contributed by atoms with Crippen LogP contribution in [0, 0.1) is 12.7 Å². The summed E-state index contributed by atoms with van der Waals surface area (Å²) in [6, 6.07) is 4.53. The summed E-state index contributed by atoms with van der Waals surface area (Å²) in [5.41, 5.74) is 1.24. The Morgan fingerprint density at radius 1 is 1.50 bits per heavy atom. The van der Waals surface area contributed by atoms with Crippen molar-refractivity contribution in [3.8, 4) is 0 Å². The Kier molecular flexibility index (Phi) is 3.47. The minimum atomic E-state index is -0.471. The SMILES string of the molecule is Cc1ccc(F)c(NC(=O)c2nn(C)cc2Br)c1. The lowest BCUT2D eigenvalue weighted by Crippen LogP contribution is -2.14. The molecule has 1 heterocycles. The highest BCUT2D eigenvalue weighted by Crippen LogP contribution is 2.19. The van der Waals surface area contributed by atoms with Gasteiger partial charge in [-0.25, -0.2) is 4.39 Å². The van der Waals surface area contributed by atoms with Crippen LogP contribution in [0.1, 0.15) is 16.1 Å². The molecule has 1 amide bonds. The normalized spacial score (nSPS) is 10.4. The molecule has 2 aromatic rings. The fraction of sp³-hybridized carbons (Fsp3) is 0.167. The zero-order valence-corrected chi connectivity index (χ0v) is 11.5. The van der Waals surface area contributed by atoms with Gasteiger partial charge in [0.1, 0.15) is 5.82 Å². The number of carbonyl (C=O) groups is 1. The highest BCUT2D eigenvalue weighted by molar-refractivity contribution is 9.10. The zero-order valence-electron chi connectivity index (χ0n) is 9.87. The van der Waals surface area contributed by atoms with Crippen molar-refractivity contribution < 1.29 is 9.18 Å². The van der Waals surface area contributed by atoms with Crippen LogP contribution >= 0.6 is 15.9 Å². The van der Waals surface area contributed by atoms with E-state index in [2.05, 4.69) is 26.3 Å². The van der Waals surface area contributed by atoms with Gasteiger partial charge in [-0.2, -0.15) is 5.10 Å². The van der Waals surface area contributed by atoms with Gasteiger partial charge in [0.25, 0.3) is 5.91 Å². The van der Waals surface area contributed by atoms with Crippen LogP contribution in [0.4, 0.5) is 10.1 Å². The number of hydrogen-bond acceptors (Lipinski definition) is 2. The van der Waals surface area contributed by atoms with Crippen molar-refractivity contribution in [1.29, 1.82) is 0 Å². The number of aryl methyl sites for hydroxylation is 2. The first-order valence-corrected chi connectivity index (χ1v) is 6.03. The van der Waals surface area contributed by atoms with Gasteiger partial charge in [-0.3, -0.25) is 9.48 Å². The Balaban J connectivity index is 2.26. The fourth-order valence-electron chi connectivity index (χ4n) is 1.53. The second kappa shape index (κ2) is 4.89. The van der Waals surface area contributed by atoms with E-state index in [-0.39, 0.29) is 11.4 Å². The smallest absolute Gasteiger partial charge is 0.277 e. The van der Waals surface area contributed by atoms with Gasteiger partial charge in [-0.1, -0.05) is 6.07 Å². The van der Waals surface area contributed by atoms with Gasteiger partial charge < -0.3 is 5.32 Å². The Hall–Kier alpha value is -1.69. The number of carbonyl (C=O) groups excluding carboxylic acids is 1. The van der Waals surface area contributed by atoms with Crippen LogP contribution in [0.15, 0.2) is 28.9 Å². The monoisotopic (exact) mass is 311 g/mol. The third-order valence-electron chi connectivity index (χ3n) is 2.37. The Morgan fingerprint density at radius 3 is 2.83 bits per heavy atom. The molecule has 1 N–H and O–H groups in total. The molecule has 0 atom stereocenters. The maximum absolute atomic E-state index is 13.5. The van der Waals surface area contributed by atoms with E-state index >= 15 is 0 Å². The van der Waals surface area contributed by atoms with Crippen LogP contribution in [-0.4, -0.2) is 15.7 Å². The third-order valence-corrected chi connectivity index (χ3v) is 2.95. The molecule has 4 nitrogen and oxygen atoms in total. The fourth-order valence-corrected chi connectivity index (χ4v) is 2.09. The molecule has 1 aromatic carbocycles. The van der Waals surface area contributed by atoms with Gasteiger partial charge in [-0.15, -0.1) is 0 Å². The molecule has 0 spiro atoms. The van der Waals surface area contributed by atoms with E-state index in [4.69, 9.17) is 0 Å². The Labute approximate surface area is 112 Å². The maximum atomic E-state index is 13.5. The molecule has 0 unspecified atom stereocenters. The topological polar surface area (TPSA) is 46.9 Å². The summed E-state index contributed by atoms with van der Waals surface area (Å²) in [5.74, 6) is -0.923. The molecule has 0 saturated heterocycles. The number of anilines is 1. The lowest BCUT2D eigenvalue weighted by molar-refractivity contribution is 0.102. The first-order chi connectivity index (χ1) is 8.47. The van der Waals surface area contributed by atoms with Crippen molar-refractivity contribution in [2.24, 2.45) is 7.05 Å². The van der Waals surface area contributed by atoms with Crippen molar-refractivity contribution in [1.82, 2.24) is 9.78 Å². The van der Waals surface area contributed by atoms with Crippen LogP contribution in [0.25, 0.3) is 0 Å². The van der Waals surface area contributed by atoms with E-state index < -0.39 is 11.7 Å². The first kappa shape index (κ1) is 12.8. The molecule has 0 saturated carbocycles. The molecule has 1 aromatic heterocycles. The lowest BCUT2D eigenvalue weighted by atomic mass is 10.2. The Morgan fingerprint density at radius 2 is 2.22 bits per heavy atom. The number of nitrogens with one attached hydrogen (secondary N) is 1. The summed E-state index contributed by atoms with van der Waals surface area (Å²) >= 11 is 3.23. The number of hydrogen-bond donors (Lipinski definition) is 1. The van der Waals surface area contributed by atoms with Gasteiger partial charge in [0.05, 0.1) is 10.2 Å². The number of aromatic nitrogens is 2. The summed E-state index contributed by atoms with van der Waals surface area (Å²) in [4.78, 5) is 11.9. The third kappa shape index (κ3) is 2.59. The second-order valence-corrected chi connectivity index (χ2v) is 4.79. The summed E-state index contributed by atoms with van der Waals surface area (Å²) in [6.45, 7) is 1.83. The average Bonchev–Trinajstić information content (AvgIpc) is 2.63. The number of benzene rings is 1. The van der Waals surface area contributed by atoms with Gasteiger partial charge in [0.2, 0.25) is 0 Å². The van der Waals surface area contributed by atoms with E-state index in [1.807, 2.05) is 6.92 Å². The maximum Gasteiger partial charge on any atom is 0.277 e. The summed E-state index contributed by atoms with van der Waals surface area (Å²) in [7, 11) is 1.70. The molecular formula is C12H11BrFN3O. The van der Waals surface area contributed by atoms with Crippen molar-refractivity contribution in [2.45, 2.75) is 6.92 Å². The van der Waals surface area contributed by atoms with Crippen LogP contribution < -0.4 is 5.32 Å². The number of halogens is 2. The zero-order chi connectivity index (χ0) is 13.3. The van der Waals surface area contributed by atoms with Crippen molar-refractivity contribution in [2.75, 3.05) is 5.32 Å². The quantitative estimate of drug-likeness (QED) is 0.927. The highest BCUT2D eigenvalue weighted by atomic mass is 79.9. The van der Waals surface area contributed by atoms with Crippen molar-refractivity contribution in [3.63, 3.8) is 0 Å². The second-order valence-electron chi connectivity index (χ2n) is 3.94. The minimum Gasteiger partial charge on any atom is -0.318 e. The van der Waals surface area contributed by atoms with E-state index in [0.717, 1.165) is 5.56 Å². The predicted octanol–water partition coefficient (Wildman–Crippen LogP) is 2.88. The summed E-state index contributed by atoms with van der Waals surface area (Å²) < 4.78 is 15.6. The molecule has 0 bridgehead atoms. The van der Waals surface area contributed by atoms with Crippen LogP contribution in [0.3, 0.4) is 0 Å². The number of rotatable bonds is 2. The molecular weight excluding hydrogens is 301 g/mol. The standard InChI is InChI=1S/C12H11BrFN3O/c1-7-3-4-9(14)10(5-7)15-12(18)11-8(13)6-17(2)16-11/h3-6H,1-2H3,(H,15,18). The van der Waals surface area contributed by atoms with Crippen LogP contribution in [0.5, 0.6) is 0 Å². The number of amides is 1. The van der Waals surface area contributed by atoms with Gasteiger partial charge in [-0.05, 0) is 40.5 Å². The highest BCUT2D eigenvalue weighted by Gasteiger charge is 2.16. The van der Waals surface area contributed by atoms with Crippen LogP contribution in [-0.2, 0) is 7.05 Å². The number of nitrogens with zero attached hydrogens (tertiary/aromatic N) is 2. The Bertz CT molecular complexity index is 609. The lowest BCUT2D eigenvalue weighted by Gasteiger charge is -2.06. The molecule has 6 heteroatoms. The van der Waals surface area contributed by atoms with Crippen molar-refractivity contribution in [3.05, 3.63) is 45.9 Å². The molecule has 0 aliphatic rings. The van der Waals surface area contributed by atoms with Gasteiger partial charge in [0.15, 0.2) is 5.69 Å². The molecule has 0 aliphatic carbocycles. The van der Waals surface area contributed by atoms with Crippen molar-refractivity contribution >= 4 is 27.5 Å². The molecule has 0 fully saturated rings. The predicted molar refractivity (Wildman–Crippen MR) is 70.0 cm³/mol. The summed E-state index contributed by atoms with van der Waals surface area (Å²) in [6.07, 6.45) is 1.65. The molecule has 0 aliphatic heterocycles. The van der Waals surface area contributed by atoms with E-state index in [9.17, 15) is 9.18 Å². The molecule has 94 valence electrons. The van der Waals surface area contributed by atoms with Gasteiger partial charge in [0, 0.05) is 13.2 Å². The largest absolute Gasteiger partial charge is 0.318 e. The minimum absolute atomic E-state index is 0.151. The van der Waals surface area contributed by atoms with E-state index in [0.29, 0.717) is 4.47 Å². The molecule has 18 heavy (non-hydrogen) atoms. The van der Waals surface area contributed by atoms with Crippen LogP contribution in [0.2, 0.25) is 0 Å². The molecule has 0 radical (unpaired) electrons. The molecule has 2 rings (SSSR count). The van der Waals surface area contributed by atoms with E-state index in [1.165, 1.54) is 10.7 Å². The average molecular weight is 312 g/mol. The summed E-state index contributed by atoms with van der Waals surface area (Å²) in [5, 5.41) is 6.50. The van der Waals surface area contributed by atoms with Gasteiger partial charge >= 0.3 is 0 Å². The van der Waals surface area contributed by atoms with E-state index in [1.54, 1.807) is 25.4 Å². The first-order valence-electron chi connectivity index (χ1n) is 5.24.